The fourth-order valence-corrected chi connectivity index (χ4v) is 3.73. The van der Waals surface area contributed by atoms with Crippen molar-refractivity contribution in [2.45, 2.75) is 19.9 Å². The average molecular weight is 330 g/mol. The molecule has 0 bridgehead atoms. The van der Waals surface area contributed by atoms with E-state index in [2.05, 4.69) is 5.32 Å². The van der Waals surface area contributed by atoms with Gasteiger partial charge in [0.15, 0.2) is 5.76 Å². The minimum atomic E-state index is -0.488. The predicted molar refractivity (Wildman–Crippen MR) is 90.5 cm³/mol. The van der Waals surface area contributed by atoms with Crippen LogP contribution in [0.2, 0.25) is 0 Å². The Balaban J connectivity index is 1.74. The number of thioether (sulfide) groups is 1. The summed E-state index contributed by atoms with van der Waals surface area (Å²) in [6.45, 7) is 3.97. The topological polar surface area (TPSA) is 62.6 Å². The molecular weight excluding hydrogens is 312 g/mol. The van der Waals surface area contributed by atoms with Crippen molar-refractivity contribution in [2.75, 3.05) is 16.9 Å². The first-order chi connectivity index (χ1) is 11.1. The molecule has 1 aliphatic heterocycles. The average Bonchev–Trinajstić information content (AvgIpc) is 3.20. The lowest BCUT2D eigenvalue weighted by atomic mass is 10.1. The van der Waals surface area contributed by atoms with Gasteiger partial charge in [0.25, 0.3) is 5.91 Å². The Morgan fingerprint density at radius 1 is 1.30 bits per heavy atom. The number of nitrogens with one attached hydrogen (secondary N) is 1. The van der Waals surface area contributed by atoms with E-state index < -0.39 is 6.04 Å². The van der Waals surface area contributed by atoms with Crippen molar-refractivity contribution >= 4 is 29.3 Å². The summed E-state index contributed by atoms with van der Waals surface area (Å²) in [7, 11) is 0. The van der Waals surface area contributed by atoms with Gasteiger partial charge in [-0.3, -0.25) is 9.59 Å². The Labute approximate surface area is 139 Å². The van der Waals surface area contributed by atoms with E-state index >= 15 is 0 Å². The lowest BCUT2D eigenvalue weighted by Gasteiger charge is -2.22. The number of rotatable bonds is 3. The van der Waals surface area contributed by atoms with Gasteiger partial charge < -0.3 is 14.6 Å². The second-order valence-electron chi connectivity index (χ2n) is 5.58. The number of nitrogens with zero attached hydrogens (tertiary/aromatic N) is 1. The van der Waals surface area contributed by atoms with Gasteiger partial charge in [0.2, 0.25) is 5.91 Å². The van der Waals surface area contributed by atoms with E-state index in [9.17, 15) is 9.59 Å². The van der Waals surface area contributed by atoms with Crippen LogP contribution in [0.15, 0.2) is 41.0 Å². The highest BCUT2D eigenvalue weighted by Crippen LogP contribution is 2.25. The van der Waals surface area contributed by atoms with Gasteiger partial charge in [0.1, 0.15) is 6.04 Å². The first-order valence-electron chi connectivity index (χ1n) is 7.36. The molecule has 2 heterocycles. The van der Waals surface area contributed by atoms with Crippen LogP contribution in [0.25, 0.3) is 0 Å². The van der Waals surface area contributed by atoms with Crippen molar-refractivity contribution in [2.24, 2.45) is 0 Å². The van der Waals surface area contributed by atoms with Crippen molar-refractivity contribution in [3.05, 3.63) is 53.5 Å². The van der Waals surface area contributed by atoms with Crippen LogP contribution in [-0.4, -0.2) is 34.4 Å². The van der Waals surface area contributed by atoms with Crippen LogP contribution >= 0.6 is 11.8 Å². The van der Waals surface area contributed by atoms with Crippen LogP contribution in [0.1, 0.15) is 21.7 Å². The number of amides is 2. The van der Waals surface area contributed by atoms with Crippen molar-refractivity contribution in [1.82, 2.24) is 4.90 Å². The summed E-state index contributed by atoms with van der Waals surface area (Å²) in [4.78, 5) is 26.6. The smallest absolute Gasteiger partial charge is 0.290 e. The van der Waals surface area contributed by atoms with Crippen LogP contribution in [0.5, 0.6) is 0 Å². The number of aryl methyl sites for hydroxylation is 2. The maximum Gasteiger partial charge on any atom is 0.290 e. The zero-order valence-electron chi connectivity index (χ0n) is 13.0. The molecule has 0 spiro atoms. The molecular formula is C17H18N2O3S. The zero-order valence-corrected chi connectivity index (χ0v) is 13.9. The number of carbonyl (C=O) groups excluding carboxylic acids is 2. The maximum absolute atomic E-state index is 12.6. The van der Waals surface area contributed by atoms with Gasteiger partial charge in [-0.15, -0.1) is 11.8 Å². The molecule has 1 atom stereocenters. The van der Waals surface area contributed by atoms with E-state index in [1.807, 2.05) is 32.0 Å². The number of hydrogen-bond donors (Lipinski definition) is 1. The highest BCUT2D eigenvalue weighted by Gasteiger charge is 2.36. The number of carbonyl (C=O) groups is 2. The Hall–Kier alpha value is -2.21. The molecule has 1 N–H and O–H groups in total. The van der Waals surface area contributed by atoms with E-state index in [1.54, 1.807) is 28.8 Å². The molecule has 0 aliphatic carbocycles. The van der Waals surface area contributed by atoms with Crippen LogP contribution < -0.4 is 5.32 Å². The Morgan fingerprint density at radius 2 is 2.13 bits per heavy atom. The normalized spacial score (nSPS) is 17.3. The zero-order chi connectivity index (χ0) is 16.4. The van der Waals surface area contributed by atoms with Crippen molar-refractivity contribution < 1.29 is 14.0 Å². The first kappa shape index (κ1) is 15.7. The molecule has 120 valence electrons. The summed E-state index contributed by atoms with van der Waals surface area (Å²) in [6, 6.07) is 8.66. The van der Waals surface area contributed by atoms with Gasteiger partial charge in [0.05, 0.1) is 12.1 Å². The highest BCUT2D eigenvalue weighted by molar-refractivity contribution is 7.99. The van der Waals surface area contributed by atoms with E-state index in [4.69, 9.17) is 4.42 Å². The number of hydrogen-bond acceptors (Lipinski definition) is 4. The number of anilines is 1. The van der Waals surface area contributed by atoms with Crippen molar-refractivity contribution in [3.8, 4) is 0 Å². The summed E-state index contributed by atoms with van der Waals surface area (Å²) in [6.07, 6.45) is 1.46. The second-order valence-corrected chi connectivity index (χ2v) is 6.58. The molecule has 1 aromatic heterocycles. The van der Waals surface area contributed by atoms with Gasteiger partial charge in [-0.05, 0) is 37.6 Å². The van der Waals surface area contributed by atoms with E-state index in [0.717, 1.165) is 16.8 Å². The molecule has 1 fully saturated rings. The minimum Gasteiger partial charge on any atom is -0.459 e. The van der Waals surface area contributed by atoms with Gasteiger partial charge in [-0.1, -0.05) is 17.7 Å². The molecule has 1 aliphatic rings. The fourth-order valence-electron chi connectivity index (χ4n) is 2.57. The van der Waals surface area contributed by atoms with Crippen molar-refractivity contribution in [1.29, 1.82) is 0 Å². The SMILES string of the molecule is Cc1ccc(NC(=O)[C@@H]2CSCN2C(=O)c2ccco2)c(C)c1. The molecule has 0 radical (unpaired) electrons. The van der Waals surface area contributed by atoms with E-state index in [-0.39, 0.29) is 17.6 Å². The third-order valence-electron chi connectivity index (χ3n) is 3.82. The molecule has 0 saturated carbocycles. The van der Waals surface area contributed by atoms with E-state index in [0.29, 0.717) is 11.6 Å². The summed E-state index contributed by atoms with van der Waals surface area (Å²) in [5.74, 6) is 0.924. The third kappa shape index (κ3) is 3.27. The third-order valence-corrected chi connectivity index (χ3v) is 4.83. The predicted octanol–water partition coefficient (Wildman–Crippen LogP) is 3.05. The minimum absolute atomic E-state index is 0.165. The number of benzene rings is 1. The van der Waals surface area contributed by atoms with Crippen LogP contribution in [0.3, 0.4) is 0 Å². The van der Waals surface area contributed by atoms with Crippen molar-refractivity contribution in [3.63, 3.8) is 0 Å². The molecule has 23 heavy (non-hydrogen) atoms. The molecule has 1 aromatic carbocycles. The summed E-state index contributed by atoms with van der Waals surface area (Å²) >= 11 is 1.56. The molecule has 3 rings (SSSR count). The Bertz CT molecular complexity index is 727. The van der Waals surface area contributed by atoms with Crippen LogP contribution in [0.4, 0.5) is 5.69 Å². The molecule has 0 unspecified atom stereocenters. The standard InChI is InChI=1S/C17H18N2O3S/c1-11-5-6-13(12(2)8-11)18-16(20)14-9-23-10-19(14)17(21)15-4-3-7-22-15/h3-8,14H,9-10H2,1-2H3,(H,18,20)/t14-/m0/s1. The summed E-state index contributed by atoms with van der Waals surface area (Å²) in [5, 5.41) is 2.93. The van der Waals surface area contributed by atoms with Crippen LogP contribution in [-0.2, 0) is 4.79 Å². The molecule has 6 heteroatoms. The molecule has 2 amide bonds. The van der Waals surface area contributed by atoms with Gasteiger partial charge in [0, 0.05) is 11.4 Å². The molecule has 2 aromatic rings. The van der Waals surface area contributed by atoms with E-state index in [1.165, 1.54) is 6.26 Å². The fraction of sp³-hybridized carbons (Fsp3) is 0.294. The van der Waals surface area contributed by atoms with Gasteiger partial charge in [-0.2, -0.15) is 0 Å². The quantitative estimate of drug-likeness (QED) is 0.939. The summed E-state index contributed by atoms with van der Waals surface area (Å²) < 4.78 is 5.15. The summed E-state index contributed by atoms with van der Waals surface area (Å²) in [5.41, 5.74) is 2.93. The van der Waals surface area contributed by atoms with Gasteiger partial charge in [-0.25, -0.2) is 0 Å². The largest absolute Gasteiger partial charge is 0.459 e. The Morgan fingerprint density at radius 3 is 2.83 bits per heavy atom. The lowest BCUT2D eigenvalue weighted by Crippen LogP contribution is -2.44. The van der Waals surface area contributed by atoms with Crippen LogP contribution in [0, 0.1) is 13.8 Å². The maximum atomic E-state index is 12.6. The highest BCUT2D eigenvalue weighted by atomic mass is 32.2. The first-order valence-corrected chi connectivity index (χ1v) is 8.52. The second kappa shape index (κ2) is 6.50. The monoisotopic (exact) mass is 330 g/mol. The molecule has 5 nitrogen and oxygen atoms in total. The lowest BCUT2D eigenvalue weighted by molar-refractivity contribution is -0.119. The Kier molecular flexibility index (Phi) is 4.43. The molecule has 1 saturated heterocycles. The van der Waals surface area contributed by atoms with Gasteiger partial charge >= 0.3 is 0 Å². The number of furan rings is 1.